The number of ether oxygens (including phenoxy) is 18. The zero-order valence-electron chi connectivity index (χ0n) is 80.4. The molecular weight excluding hydrogens is 1880 g/mol. The van der Waals surface area contributed by atoms with Gasteiger partial charge in [-0.2, -0.15) is 0 Å². The van der Waals surface area contributed by atoms with Crippen LogP contribution >= 0.6 is 51.5 Å². The normalized spacial score (nSPS) is 11.1. The molecule has 12 aromatic carbocycles. The molecule has 0 heterocycles. The standard InChI is InChI=1S/C21H31O3PSi2.C17H19O5P.2C17H19O4P.2C16H17O4P/c1-23-15-24-21-19(25-18-11-9-8-10-16(18)14-22)12-17(26(2,3)4)13-20(21)27(5,6)7;1-19-11-22-17-14(21-3)8-13(20-2)9-16(17)23-15-7-5-4-6-12(15)10-18;1-12-4-7-16(13(8-12)10-18)22-17-9-14(20-3)5-6-15(17)21-11-19-2;1-12-6-4-7-13(10-18)17(12)22-15-9-5-8-14(20-3)16(15)21-11-19-2;1-18-11-20-16-13(19-2)7-5-9-15(16)21-14-8-4-3-6-12(14)10-17;1-18-11-20-14-8-7-13(19-2)9-16(14)21-15-6-4-3-5-12(15)10-17/h8-14,25H,15H2,1-7H3;4-10,23H,11H2,1-3H3;2*4-10,22H,11H2,1-3H3;2*3-10,21H,11H2,1-2H3. The molecule has 136 heavy (non-hydrogen) atoms. The van der Waals surface area contributed by atoms with E-state index in [1.165, 1.54) is 15.7 Å². The summed E-state index contributed by atoms with van der Waals surface area (Å²) in [6, 6.07) is 73.0. The van der Waals surface area contributed by atoms with E-state index in [9.17, 15) is 28.8 Å². The molecule has 12 rings (SSSR count). The number of para-hydroxylation sites is 2. The maximum absolute atomic E-state index is 11.5. The molecular formula is C104H122O24P6Si2. The van der Waals surface area contributed by atoms with Gasteiger partial charge in [0.1, 0.15) is 34.5 Å². The molecule has 0 amide bonds. The summed E-state index contributed by atoms with van der Waals surface area (Å²) in [5.41, 5.74) is 6.36. The molecule has 24 nitrogen and oxygen atoms in total. The minimum absolute atomic E-state index is 0.107. The second-order valence-corrected chi connectivity index (χ2v) is 49.3. The van der Waals surface area contributed by atoms with Gasteiger partial charge in [-0.05, 0) is 117 Å². The van der Waals surface area contributed by atoms with Crippen LogP contribution in [0.4, 0.5) is 0 Å². The molecule has 0 aliphatic heterocycles. The number of aldehydes is 6. The van der Waals surface area contributed by atoms with Crippen molar-refractivity contribution >= 4 is 179 Å². The first kappa shape index (κ1) is 112. The Kier molecular flexibility index (Phi) is 49.3. The van der Waals surface area contributed by atoms with E-state index in [-0.39, 0.29) is 49.3 Å². The molecule has 6 unspecified atom stereocenters. The van der Waals surface area contributed by atoms with Crippen molar-refractivity contribution in [2.24, 2.45) is 0 Å². The molecule has 6 atom stereocenters. The Balaban J connectivity index is 0.000000223. The van der Waals surface area contributed by atoms with Crippen molar-refractivity contribution in [2.45, 2.75) is 53.1 Å². The molecule has 0 aromatic heterocycles. The van der Waals surface area contributed by atoms with Crippen molar-refractivity contribution in [2.75, 3.05) is 126 Å². The van der Waals surface area contributed by atoms with Crippen molar-refractivity contribution in [3.05, 3.63) is 275 Å². The maximum Gasteiger partial charge on any atom is 0.188 e. The van der Waals surface area contributed by atoms with E-state index in [4.69, 9.17) is 85.3 Å². The minimum atomic E-state index is -1.63. The first-order chi connectivity index (χ1) is 65.8. The number of carbonyl (C=O) groups excluding carboxylic acids is 6. The molecule has 0 fully saturated rings. The van der Waals surface area contributed by atoms with Gasteiger partial charge < -0.3 is 85.3 Å². The molecule has 0 aliphatic rings. The van der Waals surface area contributed by atoms with Gasteiger partial charge in [-0.15, -0.1) is 0 Å². The fourth-order valence-electron chi connectivity index (χ4n) is 12.8. The molecule has 0 spiro atoms. The Bertz CT molecular complexity index is 5780. The largest absolute Gasteiger partial charge is 0.497 e. The van der Waals surface area contributed by atoms with Crippen molar-refractivity contribution in [3.8, 4) is 69.0 Å². The van der Waals surface area contributed by atoms with Crippen molar-refractivity contribution < 1.29 is 114 Å². The minimum Gasteiger partial charge on any atom is -0.497 e. The zero-order chi connectivity index (χ0) is 99.0. The van der Waals surface area contributed by atoms with E-state index in [2.05, 4.69) is 51.4 Å². The topological polar surface area (TPSA) is 269 Å². The zero-order valence-corrected chi connectivity index (χ0v) is 88.4. The first-order valence-corrected chi connectivity index (χ1v) is 55.5. The molecule has 12 aromatic rings. The van der Waals surface area contributed by atoms with Crippen LogP contribution in [-0.2, 0) is 28.4 Å². The molecule has 0 N–H and O–H groups in total. The highest BCUT2D eigenvalue weighted by Crippen LogP contribution is 2.37. The molecule has 0 saturated carbocycles. The van der Waals surface area contributed by atoms with E-state index in [0.717, 1.165) is 142 Å². The average Bonchev–Trinajstić information content (AvgIpc) is 0.772. The van der Waals surface area contributed by atoms with Crippen LogP contribution in [0.5, 0.6) is 69.0 Å². The third kappa shape index (κ3) is 34.6. The number of carbonyl (C=O) groups is 6. The van der Waals surface area contributed by atoms with Crippen LogP contribution < -0.4 is 131 Å². The Hall–Kier alpha value is -11.0. The van der Waals surface area contributed by atoms with Crippen molar-refractivity contribution in [1.82, 2.24) is 0 Å². The van der Waals surface area contributed by atoms with Crippen molar-refractivity contribution in [3.63, 3.8) is 0 Å². The van der Waals surface area contributed by atoms with Gasteiger partial charge in [-0.3, -0.25) is 28.8 Å². The van der Waals surface area contributed by atoms with E-state index in [1.54, 1.807) is 97.5 Å². The van der Waals surface area contributed by atoms with E-state index in [1.807, 2.05) is 220 Å². The number of hydrogen-bond acceptors (Lipinski definition) is 24. The molecule has 0 saturated heterocycles. The van der Waals surface area contributed by atoms with Gasteiger partial charge in [0.15, 0.2) is 113 Å². The van der Waals surface area contributed by atoms with Crippen LogP contribution in [0, 0.1) is 13.8 Å². The van der Waals surface area contributed by atoms with Gasteiger partial charge in [-0.25, -0.2) is 0 Å². The van der Waals surface area contributed by atoms with Gasteiger partial charge >= 0.3 is 0 Å². The highest BCUT2D eigenvalue weighted by molar-refractivity contribution is 7.57. The molecule has 0 radical (unpaired) electrons. The SMILES string of the molecule is COCOc1c(OC)cc(OC)cc1Pc1ccccc1C=O.COCOc1c(OC)cccc1Pc1c(C)cccc1C=O.COCOc1c(OC)cccc1Pc1ccccc1C=O.COCOc1c(Pc2ccccc2C=O)cc([Si](C)(C)C)cc1[Si](C)(C)C.COCOc1ccc(OC)cc1Pc1ccc(C)cc1C=O.COCOc1ccc(OC)cc1Pc1ccccc1C=O. The van der Waals surface area contributed by atoms with Gasteiger partial charge in [0.05, 0.1) is 58.8 Å². The third-order valence-electron chi connectivity index (χ3n) is 19.7. The lowest BCUT2D eigenvalue weighted by atomic mass is 10.1. The third-order valence-corrected chi connectivity index (χ3v) is 32.2. The van der Waals surface area contributed by atoms with Crippen LogP contribution in [0.3, 0.4) is 0 Å². The summed E-state index contributed by atoms with van der Waals surface area (Å²) in [4.78, 5) is 67.5. The summed E-state index contributed by atoms with van der Waals surface area (Å²) in [5.74, 6) is 8.37. The Morgan fingerprint density at radius 1 is 0.243 bits per heavy atom. The Labute approximate surface area is 811 Å². The van der Waals surface area contributed by atoms with Crippen LogP contribution in [0.15, 0.2) is 231 Å². The molecule has 720 valence electrons. The van der Waals surface area contributed by atoms with Crippen LogP contribution in [0.25, 0.3) is 0 Å². The monoisotopic (exact) mass is 2000 g/mol. The Morgan fingerprint density at radius 3 is 0.956 bits per heavy atom. The summed E-state index contributed by atoms with van der Waals surface area (Å²) in [6.45, 7) is 19.1. The van der Waals surface area contributed by atoms with E-state index >= 15 is 0 Å². The lowest BCUT2D eigenvalue weighted by Gasteiger charge is -2.28. The van der Waals surface area contributed by atoms with E-state index < -0.39 is 16.1 Å². The molecule has 32 heteroatoms. The van der Waals surface area contributed by atoms with Gasteiger partial charge in [0.2, 0.25) is 0 Å². The average molecular weight is 2000 g/mol. The summed E-state index contributed by atoms with van der Waals surface area (Å²) >= 11 is 0. The maximum atomic E-state index is 11.5. The predicted molar refractivity (Wildman–Crippen MR) is 565 cm³/mol. The summed E-state index contributed by atoms with van der Waals surface area (Å²) < 4.78 is 96.2. The second-order valence-electron chi connectivity index (χ2n) is 31.2. The van der Waals surface area contributed by atoms with Crippen LogP contribution in [0.1, 0.15) is 73.3 Å². The fraction of sp³-hybridized carbons (Fsp3) is 0.250. The fourth-order valence-corrected chi connectivity index (χ4v) is 23.5. The number of aryl methyl sites for hydroxylation is 2. The van der Waals surface area contributed by atoms with Crippen molar-refractivity contribution in [1.29, 1.82) is 0 Å². The highest BCUT2D eigenvalue weighted by atomic mass is 31.1. The highest BCUT2D eigenvalue weighted by Gasteiger charge is 2.29. The van der Waals surface area contributed by atoms with Gasteiger partial charge in [0.25, 0.3) is 0 Å². The smallest absolute Gasteiger partial charge is 0.188 e. The summed E-state index contributed by atoms with van der Waals surface area (Å²) in [5, 5.41) is 14.7. The summed E-state index contributed by atoms with van der Waals surface area (Å²) in [6.07, 6.45) is 5.34. The lowest BCUT2D eigenvalue weighted by molar-refractivity contribution is 0.0498. The van der Waals surface area contributed by atoms with Crippen LogP contribution in [-0.4, -0.2) is 180 Å². The predicted octanol–water partition coefficient (Wildman–Crippen LogP) is 14.4. The van der Waals surface area contributed by atoms with Gasteiger partial charge in [-0.1, -0.05) is 265 Å². The van der Waals surface area contributed by atoms with Crippen LogP contribution in [0.2, 0.25) is 39.3 Å². The number of methoxy groups -OCH3 is 12. The van der Waals surface area contributed by atoms with E-state index in [0.29, 0.717) is 111 Å². The summed E-state index contributed by atoms with van der Waals surface area (Å²) in [7, 11) is 17.8. The Morgan fingerprint density at radius 2 is 0.574 bits per heavy atom. The molecule has 0 aliphatic carbocycles. The first-order valence-electron chi connectivity index (χ1n) is 42.5. The number of benzene rings is 12. The number of hydrogen-bond donors (Lipinski definition) is 0. The second kappa shape index (κ2) is 59.9. The quantitative estimate of drug-likeness (QED) is 0.0149. The molecule has 0 bridgehead atoms. The van der Waals surface area contributed by atoms with Gasteiger partial charge in [0, 0.05) is 114 Å². The lowest BCUT2D eigenvalue weighted by Crippen LogP contribution is -2.48. The number of rotatable bonds is 44.